The Kier molecular flexibility index (Phi) is 6.65. The van der Waals surface area contributed by atoms with Crippen molar-refractivity contribution in [2.45, 2.75) is 0 Å². The Morgan fingerprint density at radius 2 is 1.97 bits per heavy atom. The van der Waals surface area contributed by atoms with E-state index in [0.29, 0.717) is 18.0 Å². The number of morpholine rings is 1. The molecular formula is C22H24N6O3. The molecule has 3 N–H and O–H groups in total. The zero-order chi connectivity index (χ0) is 21.5. The predicted octanol–water partition coefficient (Wildman–Crippen LogP) is 2.08. The van der Waals surface area contributed by atoms with Crippen molar-refractivity contribution in [3.05, 3.63) is 60.7 Å². The van der Waals surface area contributed by atoms with Crippen LogP contribution < -0.4 is 15.8 Å². The SMILES string of the molecule is Nc1ncc(-c2ccc(OCCN3CCOCC3)cc2)nc1C(=O)Nc1cccnc1. The van der Waals surface area contributed by atoms with Gasteiger partial charge in [-0.3, -0.25) is 14.7 Å². The van der Waals surface area contributed by atoms with E-state index in [4.69, 9.17) is 15.2 Å². The molecule has 0 aliphatic carbocycles. The van der Waals surface area contributed by atoms with E-state index in [-0.39, 0.29) is 11.5 Å². The molecule has 9 heteroatoms. The molecule has 9 nitrogen and oxygen atoms in total. The first-order valence-corrected chi connectivity index (χ1v) is 10.1. The van der Waals surface area contributed by atoms with Crippen LogP contribution in [0.25, 0.3) is 11.3 Å². The Labute approximate surface area is 180 Å². The second-order valence-electron chi connectivity index (χ2n) is 7.01. The van der Waals surface area contributed by atoms with Crippen molar-refractivity contribution in [1.82, 2.24) is 19.9 Å². The molecule has 0 unspecified atom stereocenters. The van der Waals surface area contributed by atoms with Crippen LogP contribution in [-0.4, -0.2) is 65.2 Å². The summed E-state index contributed by atoms with van der Waals surface area (Å²) in [5, 5.41) is 2.72. The van der Waals surface area contributed by atoms with E-state index in [9.17, 15) is 4.79 Å². The Balaban J connectivity index is 1.39. The molecule has 0 bridgehead atoms. The maximum absolute atomic E-state index is 12.6. The van der Waals surface area contributed by atoms with Crippen LogP contribution in [-0.2, 0) is 4.74 Å². The van der Waals surface area contributed by atoms with Gasteiger partial charge in [0.1, 0.15) is 12.4 Å². The van der Waals surface area contributed by atoms with Gasteiger partial charge in [-0.2, -0.15) is 0 Å². The van der Waals surface area contributed by atoms with E-state index in [2.05, 4.69) is 25.2 Å². The summed E-state index contributed by atoms with van der Waals surface area (Å²) in [6.45, 7) is 4.91. The van der Waals surface area contributed by atoms with Gasteiger partial charge < -0.3 is 20.5 Å². The number of hydrogen-bond donors (Lipinski definition) is 2. The molecule has 31 heavy (non-hydrogen) atoms. The second kappa shape index (κ2) is 9.96. The normalized spacial score (nSPS) is 14.2. The number of ether oxygens (including phenoxy) is 2. The molecule has 1 amide bonds. The molecule has 0 spiro atoms. The van der Waals surface area contributed by atoms with E-state index < -0.39 is 5.91 Å². The summed E-state index contributed by atoms with van der Waals surface area (Å²) in [5.74, 6) is 0.395. The van der Waals surface area contributed by atoms with Gasteiger partial charge in [0.2, 0.25) is 0 Å². The highest BCUT2D eigenvalue weighted by atomic mass is 16.5. The number of nitrogens with zero attached hydrogens (tertiary/aromatic N) is 4. The summed E-state index contributed by atoms with van der Waals surface area (Å²) < 4.78 is 11.2. The summed E-state index contributed by atoms with van der Waals surface area (Å²) in [6, 6.07) is 11.0. The van der Waals surface area contributed by atoms with Crippen molar-refractivity contribution in [2.24, 2.45) is 0 Å². The van der Waals surface area contributed by atoms with Crippen molar-refractivity contribution >= 4 is 17.4 Å². The lowest BCUT2D eigenvalue weighted by Gasteiger charge is -2.26. The fourth-order valence-electron chi connectivity index (χ4n) is 3.17. The molecule has 1 fully saturated rings. The molecule has 4 rings (SSSR count). The van der Waals surface area contributed by atoms with Gasteiger partial charge in [-0.05, 0) is 36.4 Å². The average Bonchev–Trinajstić information content (AvgIpc) is 2.81. The fourth-order valence-corrected chi connectivity index (χ4v) is 3.17. The molecule has 1 aromatic carbocycles. The first kappa shape index (κ1) is 20.7. The van der Waals surface area contributed by atoms with Gasteiger partial charge in [0.05, 0.1) is 37.0 Å². The molecule has 2 aromatic heterocycles. The third kappa shape index (κ3) is 5.53. The van der Waals surface area contributed by atoms with Gasteiger partial charge in [-0.25, -0.2) is 9.97 Å². The third-order valence-electron chi connectivity index (χ3n) is 4.87. The lowest BCUT2D eigenvalue weighted by molar-refractivity contribution is 0.0322. The monoisotopic (exact) mass is 420 g/mol. The van der Waals surface area contributed by atoms with Crippen LogP contribution in [0.5, 0.6) is 5.75 Å². The van der Waals surface area contributed by atoms with Crippen molar-refractivity contribution in [3.63, 3.8) is 0 Å². The minimum absolute atomic E-state index is 0.0622. The first-order chi connectivity index (χ1) is 15.2. The number of amides is 1. The van der Waals surface area contributed by atoms with E-state index in [1.54, 1.807) is 30.7 Å². The number of aromatic nitrogens is 3. The summed E-state index contributed by atoms with van der Waals surface area (Å²) >= 11 is 0. The smallest absolute Gasteiger partial charge is 0.278 e. The standard InChI is InChI=1S/C22H24N6O3/c23-21-20(22(29)26-17-2-1-7-24-14-17)27-19(15-25-21)16-3-5-18(6-4-16)31-13-10-28-8-11-30-12-9-28/h1-7,14-15H,8-13H2,(H2,23,25)(H,26,29). The lowest BCUT2D eigenvalue weighted by Crippen LogP contribution is -2.38. The molecule has 160 valence electrons. The van der Waals surface area contributed by atoms with Crippen molar-refractivity contribution in [1.29, 1.82) is 0 Å². The molecule has 0 atom stereocenters. The predicted molar refractivity (Wildman–Crippen MR) is 117 cm³/mol. The number of pyridine rings is 1. The lowest BCUT2D eigenvalue weighted by atomic mass is 10.1. The number of benzene rings is 1. The van der Waals surface area contributed by atoms with Gasteiger partial charge >= 0.3 is 0 Å². The highest BCUT2D eigenvalue weighted by molar-refractivity contribution is 6.05. The average molecular weight is 420 g/mol. The highest BCUT2D eigenvalue weighted by Crippen LogP contribution is 2.22. The Morgan fingerprint density at radius 3 is 2.71 bits per heavy atom. The van der Waals surface area contributed by atoms with Crippen LogP contribution in [0.1, 0.15) is 10.5 Å². The van der Waals surface area contributed by atoms with E-state index in [0.717, 1.165) is 44.2 Å². The topological polar surface area (TPSA) is 115 Å². The number of carbonyl (C=O) groups is 1. The van der Waals surface area contributed by atoms with Gasteiger partial charge in [-0.1, -0.05) is 0 Å². The molecule has 0 radical (unpaired) electrons. The summed E-state index contributed by atoms with van der Waals surface area (Å²) in [4.78, 5) is 27.4. The zero-order valence-corrected chi connectivity index (χ0v) is 17.0. The molecule has 3 aromatic rings. The number of hydrogen-bond acceptors (Lipinski definition) is 8. The van der Waals surface area contributed by atoms with Crippen LogP contribution >= 0.6 is 0 Å². The third-order valence-corrected chi connectivity index (χ3v) is 4.87. The summed E-state index contributed by atoms with van der Waals surface area (Å²) in [5.41, 5.74) is 7.85. The maximum atomic E-state index is 12.6. The molecular weight excluding hydrogens is 396 g/mol. The molecule has 3 heterocycles. The van der Waals surface area contributed by atoms with Crippen molar-refractivity contribution in [3.8, 4) is 17.0 Å². The van der Waals surface area contributed by atoms with E-state index >= 15 is 0 Å². The second-order valence-corrected chi connectivity index (χ2v) is 7.01. The first-order valence-electron chi connectivity index (χ1n) is 10.1. The number of nitrogen functional groups attached to an aromatic ring is 1. The Morgan fingerprint density at radius 1 is 1.16 bits per heavy atom. The van der Waals surface area contributed by atoms with Gasteiger partial charge in [-0.15, -0.1) is 0 Å². The van der Waals surface area contributed by atoms with Crippen molar-refractivity contribution < 1.29 is 14.3 Å². The number of carbonyl (C=O) groups excluding carboxylic acids is 1. The van der Waals surface area contributed by atoms with Crippen LogP contribution in [0.15, 0.2) is 55.0 Å². The van der Waals surface area contributed by atoms with Gasteiger partial charge in [0, 0.05) is 31.4 Å². The molecule has 1 saturated heterocycles. The Bertz CT molecular complexity index is 1010. The van der Waals surface area contributed by atoms with Gasteiger partial charge in [0.25, 0.3) is 5.91 Å². The Hall–Kier alpha value is -3.56. The van der Waals surface area contributed by atoms with Crippen LogP contribution in [0.2, 0.25) is 0 Å². The zero-order valence-electron chi connectivity index (χ0n) is 17.0. The summed E-state index contributed by atoms with van der Waals surface area (Å²) in [7, 11) is 0. The number of nitrogens with two attached hydrogens (primary N) is 1. The van der Waals surface area contributed by atoms with Crippen LogP contribution in [0.4, 0.5) is 11.5 Å². The molecule has 1 aliphatic heterocycles. The van der Waals surface area contributed by atoms with Crippen LogP contribution in [0, 0.1) is 0 Å². The minimum Gasteiger partial charge on any atom is -0.492 e. The molecule has 0 saturated carbocycles. The van der Waals surface area contributed by atoms with E-state index in [1.165, 1.54) is 0 Å². The van der Waals surface area contributed by atoms with E-state index in [1.807, 2.05) is 24.3 Å². The molecule has 1 aliphatic rings. The summed E-state index contributed by atoms with van der Waals surface area (Å²) in [6.07, 6.45) is 4.72. The maximum Gasteiger partial charge on any atom is 0.278 e. The highest BCUT2D eigenvalue weighted by Gasteiger charge is 2.15. The quantitative estimate of drug-likeness (QED) is 0.597. The van der Waals surface area contributed by atoms with Gasteiger partial charge in [0.15, 0.2) is 11.5 Å². The fraction of sp³-hybridized carbons (Fsp3) is 0.273. The number of anilines is 2. The number of nitrogens with one attached hydrogen (secondary N) is 1. The largest absolute Gasteiger partial charge is 0.492 e. The number of rotatable bonds is 7. The van der Waals surface area contributed by atoms with Crippen LogP contribution in [0.3, 0.4) is 0 Å². The van der Waals surface area contributed by atoms with Crippen molar-refractivity contribution in [2.75, 3.05) is 50.5 Å². The minimum atomic E-state index is -0.442.